The van der Waals surface area contributed by atoms with Gasteiger partial charge in [-0.1, -0.05) is 175 Å². The van der Waals surface area contributed by atoms with E-state index < -0.39 is 10.8 Å². The second-order valence-corrected chi connectivity index (χ2v) is 15.6. The van der Waals surface area contributed by atoms with Crippen LogP contribution in [0.4, 0.5) is 0 Å². The molecule has 0 radical (unpaired) electrons. The van der Waals surface area contributed by atoms with Crippen LogP contribution in [0.25, 0.3) is 22.3 Å². The summed E-state index contributed by atoms with van der Waals surface area (Å²) in [7, 11) is 0. The van der Waals surface area contributed by atoms with Gasteiger partial charge in [0.2, 0.25) is 0 Å². The molecule has 0 nitrogen and oxygen atoms in total. The zero-order valence-corrected chi connectivity index (χ0v) is 31.3. The van der Waals surface area contributed by atoms with E-state index in [0.717, 1.165) is 12.8 Å². The van der Waals surface area contributed by atoms with Crippen molar-refractivity contribution in [2.24, 2.45) is 0 Å². The normalized spacial score (nSPS) is 16.3. The molecule has 1 unspecified atom stereocenters. The van der Waals surface area contributed by atoms with Crippen molar-refractivity contribution in [2.45, 2.75) is 65.2 Å². The van der Waals surface area contributed by atoms with Crippen molar-refractivity contribution in [3.63, 3.8) is 0 Å². The molecule has 0 heteroatoms. The third kappa shape index (κ3) is 4.60. The van der Waals surface area contributed by atoms with E-state index in [1.165, 1.54) is 100 Å². The topological polar surface area (TPSA) is 0 Å². The molecule has 9 rings (SSSR count). The molecule has 0 saturated heterocycles. The smallest absolute Gasteiger partial charge is 0.0651 e. The van der Waals surface area contributed by atoms with Gasteiger partial charge < -0.3 is 0 Å². The number of benzene rings is 7. The number of rotatable bonds is 6. The van der Waals surface area contributed by atoms with Crippen LogP contribution in [0, 0.1) is 34.6 Å². The van der Waals surface area contributed by atoms with E-state index in [4.69, 9.17) is 0 Å². The van der Waals surface area contributed by atoms with Gasteiger partial charge >= 0.3 is 0 Å². The zero-order valence-electron chi connectivity index (χ0n) is 31.3. The minimum Gasteiger partial charge on any atom is -0.0651 e. The molecule has 0 aliphatic heterocycles. The average molecular weight is 671 g/mol. The maximum atomic E-state index is 2.60. The highest BCUT2D eigenvalue weighted by molar-refractivity contribution is 5.94. The van der Waals surface area contributed by atoms with Gasteiger partial charge in [0, 0.05) is 0 Å². The summed E-state index contributed by atoms with van der Waals surface area (Å²) in [5.74, 6) is 0. The van der Waals surface area contributed by atoms with Gasteiger partial charge in [0.1, 0.15) is 0 Å². The Morgan fingerprint density at radius 2 is 0.635 bits per heavy atom. The SMILES string of the molecule is CCCc1ccc(C2(c3ccc(C)cc3)c3cc(C)ccc3-c3cc4c(cc32)-c2ccc(C)cc2C4(c2ccc(C)cc2)c2ccc(C)cc2)cc1. The van der Waals surface area contributed by atoms with Crippen molar-refractivity contribution in [1.29, 1.82) is 0 Å². The Balaban J connectivity index is 1.44. The number of aryl methyl sites for hydroxylation is 6. The van der Waals surface area contributed by atoms with Crippen LogP contribution < -0.4 is 0 Å². The minimum absolute atomic E-state index is 0.463. The second kappa shape index (κ2) is 12.1. The Bertz CT molecular complexity index is 2430. The summed E-state index contributed by atoms with van der Waals surface area (Å²) in [6.45, 7) is 13.3. The van der Waals surface area contributed by atoms with Gasteiger partial charge in [-0.05, 0) is 125 Å². The highest BCUT2D eigenvalue weighted by Crippen LogP contribution is 2.62. The number of hydrogen-bond acceptors (Lipinski definition) is 0. The van der Waals surface area contributed by atoms with E-state index in [0.29, 0.717) is 0 Å². The van der Waals surface area contributed by atoms with Crippen LogP contribution >= 0.6 is 0 Å². The van der Waals surface area contributed by atoms with E-state index in [-0.39, 0.29) is 0 Å². The van der Waals surface area contributed by atoms with Crippen molar-refractivity contribution in [3.05, 3.63) is 223 Å². The van der Waals surface area contributed by atoms with Crippen LogP contribution in [0.2, 0.25) is 0 Å². The Kier molecular flexibility index (Phi) is 7.53. The van der Waals surface area contributed by atoms with Crippen molar-refractivity contribution < 1.29 is 0 Å². The van der Waals surface area contributed by atoms with Crippen LogP contribution in [-0.2, 0) is 17.3 Å². The van der Waals surface area contributed by atoms with Gasteiger partial charge in [0.25, 0.3) is 0 Å². The molecular formula is C52H46. The van der Waals surface area contributed by atoms with Crippen molar-refractivity contribution in [3.8, 4) is 22.3 Å². The summed E-state index contributed by atoms with van der Waals surface area (Å²) in [6, 6.07) is 57.0. The highest BCUT2D eigenvalue weighted by Gasteiger charge is 2.51. The van der Waals surface area contributed by atoms with Crippen LogP contribution in [0.3, 0.4) is 0 Å². The van der Waals surface area contributed by atoms with E-state index in [2.05, 4.69) is 187 Å². The molecular weight excluding hydrogens is 625 g/mol. The summed E-state index contributed by atoms with van der Waals surface area (Å²) in [5.41, 5.74) is 22.9. The molecule has 7 aromatic rings. The van der Waals surface area contributed by atoms with Gasteiger partial charge in [0.05, 0.1) is 10.8 Å². The lowest BCUT2D eigenvalue weighted by atomic mass is 9.65. The molecule has 0 saturated carbocycles. The maximum absolute atomic E-state index is 2.60. The van der Waals surface area contributed by atoms with Crippen LogP contribution in [0.1, 0.15) is 91.2 Å². The molecule has 0 N–H and O–H groups in total. The highest BCUT2D eigenvalue weighted by atomic mass is 14.5. The summed E-state index contributed by atoms with van der Waals surface area (Å²) in [4.78, 5) is 0. The first kappa shape index (κ1) is 32.4. The first-order valence-electron chi connectivity index (χ1n) is 19.0. The summed E-state index contributed by atoms with van der Waals surface area (Å²) in [6.07, 6.45) is 2.23. The lowest BCUT2D eigenvalue weighted by Crippen LogP contribution is -2.30. The third-order valence-electron chi connectivity index (χ3n) is 12.1. The van der Waals surface area contributed by atoms with E-state index >= 15 is 0 Å². The molecule has 0 fully saturated rings. The van der Waals surface area contributed by atoms with Gasteiger partial charge in [-0.2, -0.15) is 0 Å². The average Bonchev–Trinajstić information content (AvgIpc) is 3.59. The summed E-state index contributed by atoms with van der Waals surface area (Å²) < 4.78 is 0. The van der Waals surface area contributed by atoms with Gasteiger partial charge in [-0.15, -0.1) is 0 Å². The largest absolute Gasteiger partial charge is 0.0713 e. The molecule has 0 amide bonds. The van der Waals surface area contributed by atoms with Crippen molar-refractivity contribution in [2.75, 3.05) is 0 Å². The molecule has 0 aromatic heterocycles. The molecule has 7 aromatic carbocycles. The van der Waals surface area contributed by atoms with E-state index in [1.54, 1.807) is 0 Å². The molecule has 0 heterocycles. The third-order valence-corrected chi connectivity index (χ3v) is 12.1. The fourth-order valence-corrected chi connectivity index (χ4v) is 9.56. The molecule has 2 aliphatic rings. The Labute approximate surface area is 309 Å². The maximum Gasteiger partial charge on any atom is 0.0713 e. The molecule has 1 atom stereocenters. The van der Waals surface area contributed by atoms with Crippen LogP contribution in [-0.4, -0.2) is 0 Å². The predicted octanol–water partition coefficient (Wildman–Crippen LogP) is 12.9. The van der Waals surface area contributed by atoms with Crippen LogP contribution in [0.15, 0.2) is 146 Å². The molecule has 0 bridgehead atoms. The van der Waals surface area contributed by atoms with Crippen molar-refractivity contribution in [1.82, 2.24) is 0 Å². The van der Waals surface area contributed by atoms with Gasteiger partial charge in [0.15, 0.2) is 0 Å². The standard InChI is InChI=1S/C52H46/c1-7-8-38-17-25-42(26-18-38)52(41-23-13-35(4)14-24-41)48-30-37(6)16-28-44(48)46-31-49-45(32-50(46)52)43-27-15-36(5)29-47(43)51(49,39-19-9-33(2)10-20-39)40-21-11-34(3)12-22-40/h9-32H,7-8H2,1-6H3. The lowest BCUT2D eigenvalue weighted by molar-refractivity contribution is 0.756. The number of fused-ring (bicyclic) bond motifs is 6. The van der Waals surface area contributed by atoms with Crippen molar-refractivity contribution >= 4 is 0 Å². The molecule has 2 aliphatic carbocycles. The minimum atomic E-state index is -0.464. The fraction of sp³-hybridized carbons (Fsp3) is 0.192. The zero-order chi connectivity index (χ0) is 35.8. The van der Waals surface area contributed by atoms with Gasteiger partial charge in [-0.25, -0.2) is 0 Å². The first-order valence-corrected chi connectivity index (χ1v) is 19.0. The lowest BCUT2D eigenvalue weighted by Gasteiger charge is -2.36. The van der Waals surface area contributed by atoms with E-state index in [9.17, 15) is 0 Å². The monoisotopic (exact) mass is 670 g/mol. The molecule has 254 valence electrons. The quantitative estimate of drug-likeness (QED) is 0.165. The Morgan fingerprint density at radius 3 is 0.981 bits per heavy atom. The van der Waals surface area contributed by atoms with Crippen LogP contribution in [0.5, 0.6) is 0 Å². The van der Waals surface area contributed by atoms with Gasteiger partial charge in [-0.3, -0.25) is 0 Å². The predicted molar refractivity (Wildman–Crippen MR) is 219 cm³/mol. The molecule has 0 spiro atoms. The summed E-state index contributed by atoms with van der Waals surface area (Å²) >= 11 is 0. The first-order chi connectivity index (χ1) is 25.2. The fourth-order valence-electron chi connectivity index (χ4n) is 9.56. The van der Waals surface area contributed by atoms with E-state index in [1.807, 2.05) is 0 Å². The Hall–Kier alpha value is -5.46. The molecule has 52 heavy (non-hydrogen) atoms. The second-order valence-electron chi connectivity index (χ2n) is 15.6. The summed E-state index contributed by atoms with van der Waals surface area (Å²) in [5, 5.41) is 0. The number of hydrogen-bond donors (Lipinski definition) is 0. The Morgan fingerprint density at radius 1 is 0.327 bits per heavy atom.